The van der Waals surface area contributed by atoms with E-state index in [-0.39, 0.29) is 5.56 Å². The minimum atomic E-state index is -5.75. The Bertz CT molecular complexity index is 1380. The second-order valence-corrected chi connectivity index (χ2v) is 11.9. The first-order chi connectivity index (χ1) is 16.3. The van der Waals surface area contributed by atoms with Crippen LogP contribution < -0.4 is 9.32 Å². The van der Waals surface area contributed by atoms with E-state index in [4.69, 9.17) is 9.69 Å². The predicted octanol–water partition coefficient (Wildman–Crippen LogP) is 3.92. The quantitative estimate of drug-likeness (QED) is 0.274. The van der Waals surface area contributed by atoms with Crippen LogP contribution in [0.25, 0.3) is 12.2 Å². The van der Waals surface area contributed by atoms with Crippen LogP contribution in [0.3, 0.4) is 0 Å². The Morgan fingerprint density at radius 1 is 0.861 bits per heavy atom. The lowest BCUT2D eigenvalue weighted by atomic mass is 10.0. The monoisotopic (exact) mass is 571 g/mol. The average Bonchev–Trinajstić information content (AvgIpc) is 2.71. The molecule has 0 atom stereocenters. The molecule has 0 aromatic heterocycles. The third-order valence-electron chi connectivity index (χ3n) is 3.88. The zero-order valence-electron chi connectivity index (χ0n) is 19.0. The van der Waals surface area contributed by atoms with Crippen LogP contribution in [0, 0.1) is 5.92 Å². The molecule has 0 bridgehead atoms. The van der Waals surface area contributed by atoms with Crippen LogP contribution in [0.5, 0.6) is 5.75 Å². The van der Waals surface area contributed by atoms with E-state index in [1.807, 2.05) is 24.3 Å². The summed E-state index contributed by atoms with van der Waals surface area (Å²) in [5.41, 5.74) is -3.26. The molecule has 2 aromatic carbocycles. The minimum Gasteiger partial charge on any atom is -0.376 e. The van der Waals surface area contributed by atoms with Crippen molar-refractivity contribution in [2.45, 2.75) is 25.8 Å². The van der Waals surface area contributed by atoms with E-state index in [0.717, 1.165) is 47.7 Å². The normalized spacial score (nSPS) is 13.1. The van der Waals surface area contributed by atoms with Gasteiger partial charge in [-0.3, -0.25) is 4.55 Å². The Balaban J connectivity index is 0.000000369. The van der Waals surface area contributed by atoms with Crippen LogP contribution in [0.1, 0.15) is 30.5 Å². The van der Waals surface area contributed by atoms with E-state index >= 15 is 0 Å². The van der Waals surface area contributed by atoms with Crippen molar-refractivity contribution in [3.05, 3.63) is 76.0 Å². The maximum absolute atomic E-state index is 12.0. The molecular formula is C21H24F3NO8S3. The van der Waals surface area contributed by atoms with Gasteiger partial charge in [0.25, 0.3) is 10.1 Å². The number of nitrogens with two attached hydrogens (primary N) is 1. The van der Waals surface area contributed by atoms with Gasteiger partial charge < -0.3 is 4.18 Å². The summed E-state index contributed by atoms with van der Waals surface area (Å²) in [6.07, 6.45) is 3.48. The molecule has 2 aromatic rings. The van der Waals surface area contributed by atoms with Gasteiger partial charge in [-0.15, -0.1) is 0 Å². The number of alkyl halides is 3. The molecule has 0 radical (unpaired) electrons. The van der Waals surface area contributed by atoms with Gasteiger partial charge in [0.05, 0.1) is 5.41 Å². The number of hydrogen-bond acceptors (Lipinski definition) is 7. The van der Waals surface area contributed by atoms with Crippen LogP contribution in [-0.2, 0) is 36.7 Å². The number of sulfonamides is 1. The Kier molecular flexibility index (Phi) is 10.9. The fourth-order valence-electron chi connectivity index (χ4n) is 2.38. The van der Waals surface area contributed by atoms with Gasteiger partial charge in [-0.05, 0) is 53.3 Å². The molecule has 2 rings (SSSR count). The minimum absolute atomic E-state index is 0.194. The van der Waals surface area contributed by atoms with Crippen LogP contribution >= 0.6 is 0 Å². The van der Waals surface area contributed by atoms with E-state index in [0.29, 0.717) is 11.3 Å². The average molecular weight is 572 g/mol. The summed E-state index contributed by atoms with van der Waals surface area (Å²) in [5.74, 6) is 0.0251. The molecule has 9 nitrogen and oxygen atoms in total. The highest BCUT2D eigenvalue weighted by molar-refractivity contribution is 7.92. The van der Waals surface area contributed by atoms with E-state index < -0.39 is 41.5 Å². The second-order valence-electron chi connectivity index (χ2n) is 7.60. The molecule has 0 spiro atoms. The van der Waals surface area contributed by atoms with Gasteiger partial charge in [0.2, 0.25) is 10.0 Å². The molecule has 0 saturated carbocycles. The Hall–Kier alpha value is -2.72. The van der Waals surface area contributed by atoms with Crippen molar-refractivity contribution in [3.8, 4) is 5.75 Å². The van der Waals surface area contributed by atoms with Crippen molar-refractivity contribution in [1.82, 2.24) is 0 Å². The molecule has 0 amide bonds. The van der Waals surface area contributed by atoms with Gasteiger partial charge in [0.15, 0.2) is 0 Å². The molecule has 15 heteroatoms. The van der Waals surface area contributed by atoms with E-state index in [1.54, 1.807) is 0 Å². The summed E-state index contributed by atoms with van der Waals surface area (Å²) < 4.78 is 112. The molecule has 0 heterocycles. The summed E-state index contributed by atoms with van der Waals surface area (Å²) in [7, 11) is -13.6. The first-order valence-corrected chi connectivity index (χ1v) is 14.4. The van der Waals surface area contributed by atoms with Crippen LogP contribution in [0.4, 0.5) is 13.2 Å². The lowest BCUT2D eigenvalue weighted by molar-refractivity contribution is -0.0500. The van der Waals surface area contributed by atoms with Crippen LogP contribution in [0.2, 0.25) is 0 Å². The fraction of sp³-hybridized carbons (Fsp3) is 0.238. The molecule has 0 saturated heterocycles. The number of rotatable bonds is 8. The summed E-state index contributed by atoms with van der Waals surface area (Å²) in [6, 6.07) is 11.8. The van der Waals surface area contributed by atoms with Gasteiger partial charge in [0.1, 0.15) is 5.75 Å². The first kappa shape index (κ1) is 31.3. The van der Waals surface area contributed by atoms with Crippen molar-refractivity contribution in [3.63, 3.8) is 0 Å². The maximum Gasteiger partial charge on any atom is 0.534 e. The predicted molar refractivity (Wildman–Crippen MR) is 130 cm³/mol. The maximum atomic E-state index is 12.0. The SMILES string of the molecule is CC(C)Cc1ccc(/C=C/S(N)(=O)=O)cc1.O=S(=O)(O)/C=C/c1ccc(OS(=O)(=O)C(F)(F)F)cc1. The zero-order valence-corrected chi connectivity index (χ0v) is 21.4. The Morgan fingerprint density at radius 2 is 1.31 bits per heavy atom. The highest BCUT2D eigenvalue weighted by Crippen LogP contribution is 2.27. The summed E-state index contributed by atoms with van der Waals surface area (Å²) in [6.45, 7) is 4.32. The molecule has 200 valence electrons. The molecule has 0 fully saturated rings. The van der Waals surface area contributed by atoms with E-state index in [9.17, 15) is 38.4 Å². The Labute approximate surface area is 208 Å². The molecule has 0 unspecified atom stereocenters. The van der Waals surface area contributed by atoms with E-state index in [2.05, 4.69) is 18.0 Å². The van der Waals surface area contributed by atoms with Gasteiger partial charge in [-0.25, -0.2) is 13.6 Å². The molecule has 0 aliphatic carbocycles. The zero-order chi connectivity index (χ0) is 27.8. The molecule has 36 heavy (non-hydrogen) atoms. The third-order valence-corrected chi connectivity index (χ3v) is 5.85. The molecule has 3 N–H and O–H groups in total. The largest absolute Gasteiger partial charge is 0.534 e. The second kappa shape index (κ2) is 12.5. The summed E-state index contributed by atoms with van der Waals surface area (Å²) in [5, 5.41) is 6.32. The smallest absolute Gasteiger partial charge is 0.376 e. The van der Waals surface area contributed by atoms with Gasteiger partial charge >= 0.3 is 15.6 Å². The molecular weight excluding hydrogens is 547 g/mol. The molecule has 0 aliphatic rings. The fourth-order valence-corrected chi connectivity index (χ4v) is 3.52. The highest BCUT2D eigenvalue weighted by Gasteiger charge is 2.48. The number of halogens is 3. The van der Waals surface area contributed by atoms with Gasteiger partial charge in [-0.2, -0.15) is 30.0 Å². The highest BCUT2D eigenvalue weighted by atomic mass is 32.2. The van der Waals surface area contributed by atoms with E-state index in [1.165, 1.54) is 11.6 Å². The lowest BCUT2D eigenvalue weighted by Crippen LogP contribution is -2.28. The number of hydrogen-bond donors (Lipinski definition) is 2. The van der Waals surface area contributed by atoms with Crippen molar-refractivity contribution in [1.29, 1.82) is 0 Å². The van der Waals surface area contributed by atoms with Crippen molar-refractivity contribution in [2.75, 3.05) is 0 Å². The summed E-state index contributed by atoms with van der Waals surface area (Å²) >= 11 is 0. The third kappa shape index (κ3) is 12.8. The number of primary sulfonamides is 1. The Morgan fingerprint density at radius 3 is 1.69 bits per heavy atom. The van der Waals surface area contributed by atoms with Gasteiger partial charge in [0, 0.05) is 5.41 Å². The van der Waals surface area contributed by atoms with Gasteiger partial charge in [-0.1, -0.05) is 50.2 Å². The van der Waals surface area contributed by atoms with Crippen molar-refractivity contribution >= 4 is 42.4 Å². The summed E-state index contributed by atoms with van der Waals surface area (Å²) in [4.78, 5) is 0. The van der Waals surface area contributed by atoms with Crippen molar-refractivity contribution in [2.24, 2.45) is 11.1 Å². The van der Waals surface area contributed by atoms with Crippen LogP contribution in [0.15, 0.2) is 59.3 Å². The van der Waals surface area contributed by atoms with Crippen molar-refractivity contribution < 1.29 is 47.2 Å². The van der Waals surface area contributed by atoms with Crippen LogP contribution in [-0.4, -0.2) is 35.3 Å². The first-order valence-electron chi connectivity index (χ1n) is 9.83. The topological polar surface area (TPSA) is 158 Å². The number of benzene rings is 2. The molecule has 0 aliphatic heterocycles. The lowest BCUT2D eigenvalue weighted by Gasteiger charge is -2.09. The standard InChI is InChI=1S/C12H17NO2S.C9H7F3O6S2/c1-10(2)9-12-5-3-11(4-6-12)7-8-16(13,14)15;10-9(11,12)20(16,17)18-8-3-1-7(2-4-8)5-6-19(13,14)15/h3-8,10H,9H2,1-2H3,(H2,13,14,15);1-6H,(H,13,14,15)/b8-7+;6-5+.